The van der Waals surface area contributed by atoms with Gasteiger partial charge in [-0.25, -0.2) is 4.98 Å². The second-order valence-corrected chi connectivity index (χ2v) is 6.62. The number of amides is 1. The lowest BCUT2D eigenvalue weighted by Crippen LogP contribution is -2.32. The number of nitrogens with one attached hydrogen (secondary N) is 1. The van der Waals surface area contributed by atoms with Crippen molar-refractivity contribution in [2.24, 2.45) is 7.05 Å². The number of benzene rings is 1. The Morgan fingerprint density at radius 3 is 3.04 bits per heavy atom. The smallest absolute Gasteiger partial charge is 0.274 e. The number of carbonyl (C=O) groups is 1. The molecule has 146 valence electrons. The Balaban J connectivity index is 1.57. The summed E-state index contributed by atoms with van der Waals surface area (Å²) in [6, 6.07) is 5.48. The minimum Gasteiger partial charge on any atom is -0.494 e. The molecule has 0 aliphatic carbocycles. The first-order valence-electron chi connectivity index (χ1n) is 9.22. The largest absolute Gasteiger partial charge is 0.494 e. The summed E-state index contributed by atoms with van der Waals surface area (Å²) >= 11 is 0. The number of rotatable bonds is 5. The van der Waals surface area contributed by atoms with Crippen LogP contribution in [0.5, 0.6) is 11.5 Å². The maximum Gasteiger partial charge on any atom is 0.274 e. The monoisotopic (exact) mass is 382 g/mol. The van der Waals surface area contributed by atoms with Gasteiger partial charge in [0.25, 0.3) is 5.91 Å². The van der Waals surface area contributed by atoms with Crippen LogP contribution in [0.25, 0.3) is 11.5 Å². The summed E-state index contributed by atoms with van der Waals surface area (Å²) in [5.41, 5.74) is 1.90. The number of aromatic nitrogens is 3. The zero-order valence-electron chi connectivity index (χ0n) is 16.1. The molecule has 4 rings (SSSR count). The number of carbonyl (C=O) groups excluding carboxylic acids is 1. The van der Waals surface area contributed by atoms with Gasteiger partial charge in [-0.3, -0.25) is 9.48 Å². The zero-order valence-corrected chi connectivity index (χ0v) is 16.1. The Morgan fingerprint density at radius 2 is 2.29 bits per heavy atom. The van der Waals surface area contributed by atoms with E-state index in [1.807, 2.05) is 32.2 Å². The molecule has 1 atom stereocenters. The molecular formula is C20H22N4O4. The third-order valence-corrected chi connectivity index (χ3v) is 4.60. The fraction of sp³-hybridized carbons (Fsp3) is 0.350. The minimum atomic E-state index is -0.281. The highest BCUT2D eigenvalue weighted by Crippen LogP contribution is 2.35. The Labute approximate surface area is 162 Å². The Hall–Kier alpha value is -3.29. The van der Waals surface area contributed by atoms with Crippen molar-refractivity contribution in [3.63, 3.8) is 0 Å². The molecule has 0 fully saturated rings. The zero-order chi connectivity index (χ0) is 19.7. The van der Waals surface area contributed by atoms with Gasteiger partial charge in [0.05, 0.1) is 31.0 Å². The lowest BCUT2D eigenvalue weighted by Gasteiger charge is -2.27. The van der Waals surface area contributed by atoms with E-state index in [1.54, 1.807) is 24.0 Å². The van der Waals surface area contributed by atoms with E-state index in [1.165, 1.54) is 0 Å². The van der Waals surface area contributed by atoms with Gasteiger partial charge < -0.3 is 19.2 Å². The summed E-state index contributed by atoms with van der Waals surface area (Å²) in [5, 5.41) is 7.16. The molecule has 1 aliphatic rings. The molecule has 1 aliphatic heterocycles. The van der Waals surface area contributed by atoms with Crippen LogP contribution >= 0.6 is 0 Å². The van der Waals surface area contributed by atoms with E-state index >= 15 is 0 Å². The van der Waals surface area contributed by atoms with Gasteiger partial charge >= 0.3 is 0 Å². The molecule has 3 aromatic rings. The summed E-state index contributed by atoms with van der Waals surface area (Å²) in [6.45, 7) is 4.77. The number of hydrogen-bond acceptors (Lipinski definition) is 6. The molecule has 0 bridgehead atoms. The van der Waals surface area contributed by atoms with Gasteiger partial charge in [0, 0.05) is 25.2 Å². The third kappa shape index (κ3) is 3.45. The van der Waals surface area contributed by atoms with E-state index < -0.39 is 0 Å². The van der Waals surface area contributed by atoms with Crippen molar-refractivity contribution in [1.29, 1.82) is 0 Å². The number of nitrogens with zero attached hydrogens (tertiary/aromatic N) is 3. The molecule has 0 spiro atoms. The molecule has 1 aromatic carbocycles. The average molecular weight is 382 g/mol. The Bertz CT molecular complexity index is 1010. The fourth-order valence-corrected chi connectivity index (χ4v) is 3.27. The number of fused-ring (bicyclic) bond motifs is 1. The molecule has 8 nitrogen and oxygen atoms in total. The van der Waals surface area contributed by atoms with Gasteiger partial charge in [-0.2, -0.15) is 5.10 Å². The predicted octanol–water partition coefficient (Wildman–Crippen LogP) is 3.04. The number of hydrogen-bond donors (Lipinski definition) is 1. The van der Waals surface area contributed by atoms with Crippen molar-refractivity contribution >= 4 is 5.91 Å². The molecule has 2 aromatic heterocycles. The van der Waals surface area contributed by atoms with Crippen LogP contribution in [0.4, 0.5) is 0 Å². The van der Waals surface area contributed by atoms with Crippen molar-refractivity contribution in [2.75, 3.05) is 13.2 Å². The highest BCUT2D eigenvalue weighted by Gasteiger charge is 2.27. The first kappa shape index (κ1) is 18.1. The normalized spacial score (nSPS) is 15.6. The maximum atomic E-state index is 12.9. The standard InChI is InChI=1S/C20H22N4O4/c1-4-26-14-5-6-17-15(9-14)16(7-8-27-17)22-19(25)18-12(2)28-20(23-18)13-10-21-24(3)11-13/h5-6,9-11,16H,4,7-8H2,1-3H3,(H,22,25). The van der Waals surface area contributed by atoms with Crippen molar-refractivity contribution in [2.45, 2.75) is 26.3 Å². The number of oxazole rings is 1. The molecule has 8 heteroatoms. The van der Waals surface area contributed by atoms with Gasteiger partial charge in [0.15, 0.2) is 5.69 Å². The van der Waals surface area contributed by atoms with Gasteiger partial charge in [-0.05, 0) is 32.0 Å². The lowest BCUT2D eigenvalue weighted by molar-refractivity contribution is 0.0918. The van der Waals surface area contributed by atoms with Gasteiger partial charge in [0.2, 0.25) is 5.89 Å². The quantitative estimate of drug-likeness (QED) is 0.729. The topological polar surface area (TPSA) is 91.4 Å². The Morgan fingerprint density at radius 1 is 1.43 bits per heavy atom. The molecule has 0 saturated carbocycles. The van der Waals surface area contributed by atoms with Crippen LogP contribution in [0.2, 0.25) is 0 Å². The lowest BCUT2D eigenvalue weighted by atomic mass is 10.00. The Kier molecular flexibility index (Phi) is 4.77. The summed E-state index contributed by atoms with van der Waals surface area (Å²) in [7, 11) is 1.81. The first-order valence-corrected chi connectivity index (χ1v) is 9.22. The third-order valence-electron chi connectivity index (χ3n) is 4.60. The maximum absolute atomic E-state index is 12.9. The van der Waals surface area contributed by atoms with Gasteiger partial charge in [0.1, 0.15) is 17.3 Å². The van der Waals surface area contributed by atoms with Crippen LogP contribution < -0.4 is 14.8 Å². The van der Waals surface area contributed by atoms with E-state index in [0.717, 1.165) is 22.6 Å². The number of aryl methyl sites for hydroxylation is 2. The predicted molar refractivity (Wildman–Crippen MR) is 101 cm³/mol. The summed E-state index contributed by atoms with van der Waals surface area (Å²) < 4.78 is 18.6. The van der Waals surface area contributed by atoms with E-state index in [-0.39, 0.29) is 17.6 Å². The summed E-state index contributed by atoms with van der Waals surface area (Å²) in [5.74, 6) is 2.07. The van der Waals surface area contributed by atoms with Crippen LogP contribution in [0.15, 0.2) is 35.0 Å². The molecule has 0 saturated heterocycles. The van der Waals surface area contributed by atoms with Crippen LogP contribution in [0, 0.1) is 6.92 Å². The van der Waals surface area contributed by atoms with E-state index in [9.17, 15) is 4.79 Å². The summed E-state index contributed by atoms with van der Waals surface area (Å²) in [4.78, 5) is 17.3. The summed E-state index contributed by atoms with van der Waals surface area (Å²) in [6.07, 6.45) is 4.11. The van der Waals surface area contributed by atoms with E-state index in [0.29, 0.717) is 31.3 Å². The van der Waals surface area contributed by atoms with Crippen molar-refractivity contribution in [3.8, 4) is 23.0 Å². The highest BCUT2D eigenvalue weighted by molar-refractivity contribution is 5.94. The van der Waals surface area contributed by atoms with Crippen LogP contribution in [-0.2, 0) is 7.05 Å². The van der Waals surface area contributed by atoms with Crippen LogP contribution in [0.1, 0.15) is 41.2 Å². The van der Waals surface area contributed by atoms with Crippen molar-refractivity contribution < 1.29 is 18.7 Å². The van der Waals surface area contributed by atoms with Crippen LogP contribution in [-0.4, -0.2) is 33.9 Å². The molecule has 1 unspecified atom stereocenters. The van der Waals surface area contributed by atoms with Crippen LogP contribution in [0.3, 0.4) is 0 Å². The highest BCUT2D eigenvalue weighted by atomic mass is 16.5. The number of ether oxygens (including phenoxy) is 2. The molecule has 0 radical (unpaired) electrons. The van der Waals surface area contributed by atoms with Gasteiger partial charge in [-0.1, -0.05) is 0 Å². The van der Waals surface area contributed by atoms with E-state index in [4.69, 9.17) is 13.9 Å². The molecule has 1 N–H and O–H groups in total. The average Bonchev–Trinajstić information content (AvgIpc) is 3.28. The molecular weight excluding hydrogens is 360 g/mol. The second-order valence-electron chi connectivity index (χ2n) is 6.62. The van der Waals surface area contributed by atoms with Gasteiger partial charge in [-0.15, -0.1) is 0 Å². The van der Waals surface area contributed by atoms with Crippen molar-refractivity contribution in [3.05, 3.63) is 47.6 Å². The molecule has 3 heterocycles. The minimum absolute atomic E-state index is 0.186. The first-order chi connectivity index (χ1) is 13.5. The van der Waals surface area contributed by atoms with Crippen molar-refractivity contribution in [1.82, 2.24) is 20.1 Å². The SMILES string of the molecule is CCOc1ccc2c(c1)C(NC(=O)c1nc(-c3cnn(C)c3)oc1C)CCO2. The molecule has 1 amide bonds. The fourth-order valence-electron chi connectivity index (χ4n) is 3.27. The molecule has 28 heavy (non-hydrogen) atoms. The van der Waals surface area contributed by atoms with E-state index in [2.05, 4.69) is 15.4 Å². The second kappa shape index (κ2) is 7.38.